The van der Waals surface area contributed by atoms with Gasteiger partial charge in [-0.3, -0.25) is 0 Å². The molecule has 2 rings (SSSR count). The van der Waals surface area contributed by atoms with Crippen molar-refractivity contribution in [1.29, 1.82) is 0 Å². The van der Waals surface area contributed by atoms with E-state index in [0.717, 1.165) is 4.88 Å². The lowest BCUT2D eigenvalue weighted by atomic mass is 10.2. The van der Waals surface area contributed by atoms with Crippen molar-refractivity contribution in [3.63, 3.8) is 0 Å². The van der Waals surface area contributed by atoms with Crippen LogP contribution in [0.25, 0.3) is 10.6 Å². The van der Waals surface area contributed by atoms with Gasteiger partial charge in [0.2, 0.25) is 0 Å². The van der Waals surface area contributed by atoms with Crippen LogP contribution in [0.15, 0.2) is 16.7 Å². The summed E-state index contributed by atoms with van der Waals surface area (Å²) in [4.78, 5) is 2.13. The molecule has 0 atom stereocenters. The van der Waals surface area contributed by atoms with Gasteiger partial charge in [-0.15, -0.1) is 11.3 Å². The Kier molecular flexibility index (Phi) is 1.92. The molecule has 0 spiro atoms. The van der Waals surface area contributed by atoms with Gasteiger partial charge in [0.05, 0.1) is 10.4 Å². The van der Waals surface area contributed by atoms with Crippen molar-refractivity contribution in [2.75, 3.05) is 0 Å². The minimum atomic E-state index is -0.596. The van der Waals surface area contributed by atoms with E-state index in [9.17, 15) is 4.39 Å². The fourth-order valence-electron chi connectivity index (χ4n) is 1.11. The molecule has 0 unspecified atom stereocenters. The lowest BCUT2D eigenvalue weighted by Crippen LogP contribution is -1.76. The molecule has 0 N–H and O–H groups in total. The molecule has 0 bridgehead atoms. The van der Waals surface area contributed by atoms with E-state index in [2.05, 4.69) is 9.68 Å². The summed E-state index contributed by atoms with van der Waals surface area (Å²) in [6, 6.07) is 3.30. The van der Waals surface area contributed by atoms with E-state index >= 15 is 0 Å². The minimum Gasteiger partial charge on any atom is -0.325 e. The summed E-state index contributed by atoms with van der Waals surface area (Å²) in [6.07, 6.45) is 0. The lowest BCUT2D eigenvalue weighted by Gasteiger charge is -1.88. The van der Waals surface area contributed by atoms with Crippen LogP contribution in [0.5, 0.6) is 0 Å². The molecule has 0 fully saturated rings. The normalized spacial score (nSPS) is 10.7. The van der Waals surface area contributed by atoms with E-state index in [1.54, 1.807) is 18.3 Å². The fourth-order valence-corrected chi connectivity index (χ4v) is 2.01. The van der Waals surface area contributed by atoms with Crippen LogP contribution in [0.4, 0.5) is 4.39 Å². The Morgan fingerprint density at radius 1 is 1.38 bits per heavy atom. The minimum absolute atomic E-state index is 0.474. The predicted molar refractivity (Wildman–Crippen MR) is 49.2 cm³/mol. The second kappa shape index (κ2) is 2.96. The van der Waals surface area contributed by atoms with Crippen molar-refractivity contribution in [3.8, 4) is 10.6 Å². The first-order valence-corrected chi connectivity index (χ1v) is 4.68. The molecule has 2 aromatic rings. The fraction of sp³-hybridized carbons (Fsp3) is 0.222. The molecule has 2 aromatic heterocycles. The molecule has 68 valence electrons. The summed E-state index contributed by atoms with van der Waals surface area (Å²) in [7, 11) is 0. The maximum Gasteiger partial charge on any atom is 0.309 e. The molecule has 0 radical (unpaired) electrons. The molecule has 13 heavy (non-hydrogen) atoms. The van der Waals surface area contributed by atoms with E-state index < -0.39 is 6.01 Å². The van der Waals surface area contributed by atoms with Crippen molar-refractivity contribution in [2.45, 2.75) is 13.8 Å². The second-order valence-electron chi connectivity index (χ2n) is 2.84. The average molecular weight is 197 g/mol. The van der Waals surface area contributed by atoms with E-state index in [-0.39, 0.29) is 0 Å². The van der Waals surface area contributed by atoms with Gasteiger partial charge < -0.3 is 4.52 Å². The van der Waals surface area contributed by atoms with Crippen LogP contribution in [0.1, 0.15) is 10.4 Å². The molecule has 0 aliphatic carbocycles. The summed E-state index contributed by atoms with van der Waals surface area (Å²) in [5.41, 5.74) is 1.08. The van der Waals surface area contributed by atoms with Gasteiger partial charge in [-0.05, 0) is 26.0 Å². The average Bonchev–Trinajstić information content (AvgIpc) is 2.62. The molecular formula is C9H8FNOS. The molecular weight excluding hydrogens is 189 g/mol. The molecule has 4 heteroatoms. The molecule has 2 heterocycles. The number of aromatic nitrogens is 1. The quantitative estimate of drug-likeness (QED) is 0.701. The van der Waals surface area contributed by atoms with Gasteiger partial charge in [0, 0.05) is 4.88 Å². The Bertz CT molecular complexity index is 433. The van der Waals surface area contributed by atoms with Crippen LogP contribution in [0, 0.1) is 19.9 Å². The van der Waals surface area contributed by atoms with Crippen LogP contribution < -0.4 is 0 Å². The molecule has 2 nitrogen and oxygen atoms in total. The van der Waals surface area contributed by atoms with Crippen LogP contribution in [-0.2, 0) is 0 Å². The molecule has 0 amide bonds. The maximum atomic E-state index is 12.8. The first-order valence-electron chi connectivity index (χ1n) is 3.87. The highest BCUT2D eigenvalue weighted by atomic mass is 32.1. The summed E-state index contributed by atoms with van der Waals surface area (Å²) in [5, 5.41) is 3.66. The molecule has 0 aliphatic rings. The Morgan fingerprint density at radius 2 is 2.15 bits per heavy atom. The number of thiophene rings is 1. The van der Waals surface area contributed by atoms with Gasteiger partial charge in [-0.25, -0.2) is 0 Å². The Labute approximate surface area is 79.0 Å². The third-order valence-electron chi connectivity index (χ3n) is 1.84. The van der Waals surface area contributed by atoms with Gasteiger partial charge in [-0.1, -0.05) is 5.16 Å². The van der Waals surface area contributed by atoms with E-state index in [1.807, 2.05) is 19.1 Å². The second-order valence-corrected chi connectivity index (χ2v) is 4.13. The van der Waals surface area contributed by atoms with Gasteiger partial charge in [0.15, 0.2) is 0 Å². The Hall–Kier alpha value is -1.16. The summed E-state index contributed by atoms with van der Waals surface area (Å²) < 4.78 is 17.3. The highest BCUT2D eigenvalue weighted by Gasteiger charge is 2.13. The highest BCUT2D eigenvalue weighted by Crippen LogP contribution is 2.29. The van der Waals surface area contributed by atoms with E-state index in [4.69, 9.17) is 0 Å². The molecule has 0 saturated carbocycles. The molecule has 0 saturated heterocycles. The van der Waals surface area contributed by atoms with Crippen LogP contribution in [-0.4, -0.2) is 5.16 Å². The number of hydrogen-bond acceptors (Lipinski definition) is 3. The number of hydrogen-bond donors (Lipinski definition) is 0. The smallest absolute Gasteiger partial charge is 0.309 e. The van der Waals surface area contributed by atoms with Crippen LogP contribution >= 0.6 is 11.3 Å². The van der Waals surface area contributed by atoms with Crippen LogP contribution in [0.2, 0.25) is 0 Å². The largest absolute Gasteiger partial charge is 0.325 e. The maximum absolute atomic E-state index is 12.8. The van der Waals surface area contributed by atoms with Crippen molar-refractivity contribution >= 4 is 11.3 Å². The number of nitrogens with zero attached hydrogens (tertiary/aromatic N) is 1. The zero-order valence-corrected chi connectivity index (χ0v) is 8.11. The third kappa shape index (κ3) is 1.37. The predicted octanol–water partition coefficient (Wildman–Crippen LogP) is 3.16. The zero-order chi connectivity index (χ0) is 9.42. The van der Waals surface area contributed by atoms with Crippen molar-refractivity contribution in [2.24, 2.45) is 0 Å². The third-order valence-corrected chi connectivity index (χ3v) is 2.85. The van der Waals surface area contributed by atoms with Gasteiger partial charge >= 0.3 is 6.01 Å². The van der Waals surface area contributed by atoms with Gasteiger partial charge in [0.1, 0.15) is 5.69 Å². The van der Waals surface area contributed by atoms with Crippen molar-refractivity contribution in [1.82, 2.24) is 5.16 Å². The number of rotatable bonds is 1. The summed E-state index contributed by atoms with van der Waals surface area (Å²) >= 11 is 1.58. The number of halogens is 1. The number of aryl methyl sites for hydroxylation is 1. The van der Waals surface area contributed by atoms with E-state index in [1.165, 1.54) is 4.88 Å². The SMILES string of the molecule is Cc1ccc(-c2noc(F)c2C)s1. The topological polar surface area (TPSA) is 26.0 Å². The standard InChI is InChI=1S/C9H8FNOS/c1-5-3-4-7(13-5)8-6(2)9(10)12-11-8/h3-4H,1-2H3. The zero-order valence-electron chi connectivity index (χ0n) is 7.30. The van der Waals surface area contributed by atoms with Crippen LogP contribution in [0.3, 0.4) is 0 Å². The summed E-state index contributed by atoms with van der Waals surface area (Å²) in [5.74, 6) is 0. The highest BCUT2D eigenvalue weighted by molar-refractivity contribution is 7.15. The lowest BCUT2D eigenvalue weighted by molar-refractivity contribution is 0.280. The van der Waals surface area contributed by atoms with Crippen molar-refractivity contribution < 1.29 is 8.91 Å². The Balaban J connectivity index is 2.52. The first kappa shape index (κ1) is 8.44. The molecule has 0 aromatic carbocycles. The van der Waals surface area contributed by atoms with Gasteiger partial charge in [0.25, 0.3) is 0 Å². The Morgan fingerprint density at radius 3 is 2.62 bits per heavy atom. The van der Waals surface area contributed by atoms with Crippen molar-refractivity contribution in [3.05, 3.63) is 28.6 Å². The van der Waals surface area contributed by atoms with Gasteiger partial charge in [-0.2, -0.15) is 4.39 Å². The monoisotopic (exact) mass is 197 g/mol. The molecule has 0 aliphatic heterocycles. The first-order chi connectivity index (χ1) is 6.18. The van der Waals surface area contributed by atoms with E-state index in [0.29, 0.717) is 11.3 Å². The summed E-state index contributed by atoms with van der Waals surface area (Å²) in [6.45, 7) is 3.66.